The van der Waals surface area contributed by atoms with E-state index in [1.165, 1.54) is 6.92 Å². The van der Waals surface area contributed by atoms with Gasteiger partial charge in [-0.3, -0.25) is 19.2 Å². The van der Waals surface area contributed by atoms with Crippen molar-refractivity contribution in [2.75, 3.05) is 6.54 Å². The Hall–Kier alpha value is -4.22. The van der Waals surface area contributed by atoms with E-state index in [-0.39, 0.29) is 37.5 Å². The van der Waals surface area contributed by atoms with Gasteiger partial charge in [0.15, 0.2) is 0 Å². The molecule has 0 saturated carbocycles. The van der Waals surface area contributed by atoms with E-state index in [0.717, 1.165) is 28.5 Å². The van der Waals surface area contributed by atoms with Gasteiger partial charge in [0.25, 0.3) is 0 Å². The molecule has 3 aromatic rings. The summed E-state index contributed by atoms with van der Waals surface area (Å²) in [7, 11) is 0. The summed E-state index contributed by atoms with van der Waals surface area (Å²) < 4.78 is 0. The maximum absolute atomic E-state index is 13.9. The van der Waals surface area contributed by atoms with Crippen LogP contribution in [0.3, 0.4) is 0 Å². The largest absolute Gasteiger partial charge is 0.391 e. The molecule has 1 saturated heterocycles. The molecule has 2 heterocycles. The van der Waals surface area contributed by atoms with E-state index in [1.54, 1.807) is 0 Å². The molecule has 0 bridgehead atoms. The Morgan fingerprint density at radius 3 is 2.23 bits per heavy atom. The predicted molar refractivity (Wildman–Crippen MR) is 168 cm³/mol. The van der Waals surface area contributed by atoms with E-state index in [0.29, 0.717) is 25.8 Å². The average molecular weight is 605 g/mol. The number of amides is 4. The normalized spacial score (nSPS) is 23.1. The molecule has 0 aliphatic carbocycles. The fraction of sp³-hybridized carbons (Fsp3) is 0.455. The number of carbonyl (C=O) groups is 4. The monoisotopic (exact) mass is 604 g/mol. The van der Waals surface area contributed by atoms with Crippen molar-refractivity contribution in [2.45, 2.75) is 88.6 Å². The molecule has 11 heteroatoms. The highest BCUT2D eigenvalue weighted by atomic mass is 16.3. The van der Waals surface area contributed by atoms with Crippen molar-refractivity contribution in [3.05, 3.63) is 71.9 Å². The SMILES string of the molecule is C[C@@H](O)[C@@H]1CC(=O)N[C@@H](CCCCN)CC(=O)N[C@@H](Cc2c[nH]c3ccccc23)C(=O)N[C@@H](Cc2ccccc2)CC(=O)N1. The number of hydrogen-bond acceptors (Lipinski definition) is 6. The number of para-hydroxylation sites is 1. The van der Waals surface area contributed by atoms with Crippen LogP contribution in [-0.2, 0) is 32.0 Å². The number of nitrogens with one attached hydrogen (secondary N) is 5. The van der Waals surface area contributed by atoms with Gasteiger partial charge < -0.3 is 37.1 Å². The summed E-state index contributed by atoms with van der Waals surface area (Å²) in [4.78, 5) is 56.8. The van der Waals surface area contributed by atoms with Crippen LogP contribution in [0, 0.1) is 0 Å². The first-order valence-electron chi connectivity index (χ1n) is 15.4. The second-order valence-corrected chi connectivity index (χ2v) is 11.7. The first-order chi connectivity index (χ1) is 21.2. The number of rotatable bonds is 9. The van der Waals surface area contributed by atoms with Crippen molar-refractivity contribution >= 4 is 34.5 Å². The number of hydrogen-bond donors (Lipinski definition) is 7. The Balaban J connectivity index is 1.64. The molecule has 0 spiro atoms. The molecule has 0 radical (unpaired) electrons. The fourth-order valence-electron chi connectivity index (χ4n) is 5.66. The number of aromatic amines is 1. The molecule has 4 rings (SSSR count). The van der Waals surface area contributed by atoms with Gasteiger partial charge in [0, 0.05) is 54.9 Å². The maximum atomic E-state index is 13.9. The number of aliphatic hydroxyl groups is 1. The lowest BCUT2D eigenvalue weighted by Crippen LogP contribution is -2.52. The number of unbranched alkanes of at least 4 members (excludes halogenated alkanes) is 1. The van der Waals surface area contributed by atoms with Gasteiger partial charge in [-0.15, -0.1) is 0 Å². The molecule has 11 nitrogen and oxygen atoms in total. The Morgan fingerprint density at radius 2 is 1.48 bits per heavy atom. The minimum Gasteiger partial charge on any atom is -0.391 e. The minimum absolute atomic E-state index is 0.0346. The highest BCUT2D eigenvalue weighted by molar-refractivity contribution is 5.90. The van der Waals surface area contributed by atoms with Gasteiger partial charge in [0.05, 0.1) is 12.1 Å². The molecular weight excluding hydrogens is 560 g/mol. The van der Waals surface area contributed by atoms with E-state index in [2.05, 4.69) is 26.3 Å². The minimum atomic E-state index is -0.998. The summed E-state index contributed by atoms with van der Waals surface area (Å²) in [6.45, 7) is 2.00. The Labute approximate surface area is 257 Å². The van der Waals surface area contributed by atoms with Gasteiger partial charge >= 0.3 is 0 Å². The number of aliphatic hydroxyl groups excluding tert-OH is 1. The molecule has 44 heavy (non-hydrogen) atoms. The van der Waals surface area contributed by atoms with E-state index >= 15 is 0 Å². The van der Waals surface area contributed by atoms with Crippen molar-refractivity contribution in [2.24, 2.45) is 5.73 Å². The van der Waals surface area contributed by atoms with Crippen LogP contribution < -0.4 is 27.0 Å². The lowest BCUT2D eigenvalue weighted by Gasteiger charge is -2.25. The fourth-order valence-corrected chi connectivity index (χ4v) is 5.66. The number of H-pyrrole nitrogens is 1. The quantitative estimate of drug-likeness (QED) is 0.182. The topological polar surface area (TPSA) is 178 Å². The van der Waals surface area contributed by atoms with Crippen molar-refractivity contribution < 1.29 is 24.3 Å². The Bertz CT molecular complexity index is 1410. The summed E-state index contributed by atoms with van der Waals surface area (Å²) in [6, 6.07) is 14.3. The van der Waals surface area contributed by atoms with Crippen LogP contribution in [0.5, 0.6) is 0 Å². The van der Waals surface area contributed by atoms with Crippen LogP contribution in [0.25, 0.3) is 10.9 Å². The lowest BCUT2D eigenvalue weighted by atomic mass is 10.00. The third-order valence-corrected chi connectivity index (χ3v) is 7.99. The first-order valence-corrected chi connectivity index (χ1v) is 15.4. The molecule has 4 amide bonds. The molecule has 0 unspecified atom stereocenters. The average Bonchev–Trinajstić information content (AvgIpc) is 3.39. The molecule has 8 N–H and O–H groups in total. The van der Waals surface area contributed by atoms with E-state index in [1.807, 2.05) is 60.8 Å². The number of nitrogens with two attached hydrogens (primary N) is 1. The van der Waals surface area contributed by atoms with Crippen molar-refractivity contribution in [1.29, 1.82) is 0 Å². The summed E-state index contributed by atoms with van der Waals surface area (Å²) >= 11 is 0. The Morgan fingerprint density at radius 1 is 0.795 bits per heavy atom. The third kappa shape index (κ3) is 9.65. The van der Waals surface area contributed by atoms with Gasteiger partial charge in [0.2, 0.25) is 23.6 Å². The zero-order valence-corrected chi connectivity index (χ0v) is 25.2. The summed E-state index contributed by atoms with van der Waals surface area (Å²) in [5, 5.41) is 22.9. The van der Waals surface area contributed by atoms with Crippen molar-refractivity contribution in [1.82, 2.24) is 26.3 Å². The van der Waals surface area contributed by atoms with Crippen LogP contribution in [0.4, 0.5) is 0 Å². The number of carbonyl (C=O) groups excluding carboxylic acids is 4. The molecule has 1 aliphatic rings. The third-order valence-electron chi connectivity index (χ3n) is 7.99. The summed E-state index contributed by atoms with van der Waals surface area (Å²) in [5.74, 6) is -1.58. The molecule has 1 aliphatic heterocycles. The predicted octanol–water partition coefficient (Wildman–Crippen LogP) is 1.59. The van der Waals surface area contributed by atoms with E-state index in [9.17, 15) is 24.3 Å². The number of aromatic nitrogens is 1. The summed E-state index contributed by atoms with van der Waals surface area (Å²) in [6.07, 6.45) is 3.10. The number of benzene rings is 2. The molecule has 1 fully saturated rings. The zero-order chi connectivity index (χ0) is 31.5. The smallest absolute Gasteiger partial charge is 0.243 e. The second kappa shape index (κ2) is 16.0. The second-order valence-electron chi connectivity index (χ2n) is 11.7. The molecule has 2 aromatic carbocycles. The van der Waals surface area contributed by atoms with Gasteiger partial charge in [-0.1, -0.05) is 55.0 Å². The van der Waals surface area contributed by atoms with Crippen LogP contribution in [0.15, 0.2) is 60.8 Å². The van der Waals surface area contributed by atoms with Crippen molar-refractivity contribution in [3.8, 4) is 0 Å². The van der Waals surface area contributed by atoms with Gasteiger partial charge in [-0.05, 0) is 49.9 Å². The molecule has 5 atom stereocenters. The van der Waals surface area contributed by atoms with Gasteiger partial charge in [-0.25, -0.2) is 0 Å². The maximum Gasteiger partial charge on any atom is 0.243 e. The van der Waals surface area contributed by atoms with Gasteiger partial charge in [0.1, 0.15) is 6.04 Å². The molecule has 1 aromatic heterocycles. The van der Waals surface area contributed by atoms with Crippen molar-refractivity contribution in [3.63, 3.8) is 0 Å². The first kappa shape index (κ1) is 32.7. The van der Waals surface area contributed by atoms with Crippen LogP contribution >= 0.6 is 0 Å². The van der Waals surface area contributed by atoms with Gasteiger partial charge in [-0.2, -0.15) is 0 Å². The highest BCUT2D eigenvalue weighted by Gasteiger charge is 2.30. The molecule has 236 valence electrons. The summed E-state index contributed by atoms with van der Waals surface area (Å²) in [5.41, 5.74) is 8.37. The standard InChI is InChI=1S/C33H44N6O5/c1-21(40)28-19-32(43)36-24(11-7-8-14-34)17-30(41)39-29(16-23-20-35-27-13-6-5-12-26(23)27)33(44)37-25(18-31(42)38-28)15-22-9-3-2-4-10-22/h2-6,9-10,12-13,20-21,24-25,28-29,35,40H,7-8,11,14-19,34H2,1H3,(H,36,43)(H,37,44)(H,38,42)(H,39,41)/t21-,24+,25+,28+,29+/m1/s1. The zero-order valence-electron chi connectivity index (χ0n) is 25.2. The van der Waals surface area contributed by atoms with Crippen LogP contribution in [0.1, 0.15) is 56.6 Å². The molecular formula is C33H44N6O5. The van der Waals surface area contributed by atoms with E-state index in [4.69, 9.17) is 5.73 Å². The van der Waals surface area contributed by atoms with Crippen LogP contribution in [0.2, 0.25) is 0 Å². The lowest BCUT2D eigenvalue weighted by molar-refractivity contribution is -0.130. The highest BCUT2D eigenvalue weighted by Crippen LogP contribution is 2.20. The Kier molecular flexibility index (Phi) is 11.9. The van der Waals surface area contributed by atoms with E-state index < -0.39 is 42.1 Å². The number of fused-ring (bicyclic) bond motifs is 1. The van der Waals surface area contributed by atoms with Crippen LogP contribution in [-0.4, -0.2) is 70.5 Å².